The lowest BCUT2D eigenvalue weighted by Gasteiger charge is -2.25. The molecule has 1 amide bonds. The van der Waals surface area contributed by atoms with Crippen LogP contribution in [0.15, 0.2) is 36.4 Å². The van der Waals surface area contributed by atoms with Crippen LogP contribution >= 0.6 is 0 Å². The fourth-order valence-corrected chi connectivity index (χ4v) is 2.89. The van der Waals surface area contributed by atoms with Gasteiger partial charge in [0.15, 0.2) is 17.6 Å². The molecule has 2 rings (SSSR count). The van der Waals surface area contributed by atoms with Gasteiger partial charge in [0.25, 0.3) is 5.91 Å². The number of aryl methyl sites for hydroxylation is 1. The second-order valence-corrected chi connectivity index (χ2v) is 6.60. The van der Waals surface area contributed by atoms with Crippen molar-refractivity contribution in [2.24, 2.45) is 0 Å². The van der Waals surface area contributed by atoms with E-state index in [9.17, 15) is 4.79 Å². The summed E-state index contributed by atoms with van der Waals surface area (Å²) in [6.07, 6.45) is 0.0818. The third-order valence-corrected chi connectivity index (χ3v) is 4.71. The van der Waals surface area contributed by atoms with E-state index in [1.165, 1.54) is 0 Å². The number of carbonyl (C=O) groups excluding carboxylic acids is 1. The van der Waals surface area contributed by atoms with Crippen LogP contribution in [0.3, 0.4) is 0 Å². The molecule has 0 aliphatic carbocycles. The highest BCUT2D eigenvalue weighted by atomic mass is 16.5. The number of benzene rings is 2. The molecule has 0 unspecified atom stereocenters. The summed E-state index contributed by atoms with van der Waals surface area (Å²) in [6.45, 7) is 6.47. The van der Waals surface area contributed by atoms with Crippen LogP contribution < -0.4 is 14.2 Å². The monoisotopic (exact) mass is 371 g/mol. The lowest BCUT2D eigenvalue weighted by Crippen LogP contribution is -2.39. The summed E-state index contributed by atoms with van der Waals surface area (Å²) in [5, 5.41) is 0. The molecule has 0 spiro atoms. The minimum absolute atomic E-state index is 0.0480. The molecule has 0 aliphatic rings. The Morgan fingerprint density at radius 1 is 1.04 bits per heavy atom. The van der Waals surface area contributed by atoms with E-state index in [1.807, 2.05) is 57.2 Å². The molecule has 5 nitrogen and oxygen atoms in total. The highest BCUT2D eigenvalue weighted by molar-refractivity contribution is 5.81. The van der Waals surface area contributed by atoms with Gasteiger partial charge in [-0.05, 0) is 55.2 Å². The predicted octanol–water partition coefficient (Wildman–Crippen LogP) is 4.14. The van der Waals surface area contributed by atoms with Crippen LogP contribution in [-0.2, 0) is 11.3 Å². The Bertz CT molecular complexity index is 788. The molecule has 0 aliphatic heterocycles. The second-order valence-electron chi connectivity index (χ2n) is 6.60. The van der Waals surface area contributed by atoms with Gasteiger partial charge in [0.1, 0.15) is 5.75 Å². The second kappa shape index (κ2) is 9.31. The van der Waals surface area contributed by atoms with Gasteiger partial charge < -0.3 is 19.1 Å². The highest BCUT2D eigenvalue weighted by Crippen LogP contribution is 2.28. The van der Waals surface area contributed by atoms with E-state index in [4.69, 9.17) is 14.2 Å². The van der Waals surface area contributed by atoms with Gasteiger partial charge in [-0.2, -0.15) is 0 Å². The Kier molecular flexibility index (Phi) is 7.11. The quantitative estimate of drug-likeness (QED) is 0.700. The van der Waals surface area contributed by atoms with Gasteiger partial charge in [0, 0.05) is 13.6 Å². The minimum atomic E-state index is -0.518. The van der Waals surface area contributed by atoms with E-state index in [1.54, 1.807) is 26.2 Å². The zero-order valence-electron chi connectivity index (χ0n) is 17.0. The molecule has 146 valence electrons. The van der Waals surface area contributed by atoms with Gasteiger partial charge in [0.05, 0.1) is 14.2 Å². The van der Waals surface area contributed by atoms with Crippen LogP contribution in [0, 0.1) is 13.8 Å². The van der Waals surface area contributed by atoms with E-state index >= 15 is 0 Å². The van der Waals surface area contributed by atoms with Gasteiger partial charge in [-0.25, -0.2) is 0 Å². The van der Waals surface area contributed by atoms with Crippen molar-refractivity contribution in [3.8, 4) is 17.2 Å². The zero-order chi connectivity index (χ0) is 20.0. The van der Waals surface area contributed by atoms with Crippen molar-refractivity contribution < 1.29 is 19.0 Å². The molecule has 5 heteroatoms. The smallest absolute Gasteiger partial charge is 0.263 e. The summed E-state index contributed by atoms with van der Waals surface area (Å²) in [4.78, 5) is 14.6. The van der Waals surface area contributed by atoms with Crippen LogP contribution in [0.1, 0.15) is 30.0 Å². The zero-order valence-corrected chi connectivity index (χ0v) is 17.0. The molecule has 2 aromatic carbocycles. The summed E-state index contributed by atoms with van der Waals surface area (Å²) < 4.78 is 16.6. The standard InChI is InChI=1S/C22H29NO4/c1-7-18(27-19-10-8-9-15(2)16(19)3)22(24)23(4)14-17-11-12-20(25-5)21(13-17)26-6/h8-13,18H,7,14H2,1-6H3/t18-/m0/s1. The fourth-order valence-electron chi connectivity index (χ4n) is 2.89. The maximum atomic E-state index is 12.9. The molecular weight excluding hydrogens is 342 g/mol. The van der Waals surface area contributed by atoms with Crippen LogP contribution in [0.25, 0.3) is 0 Å². The summed E-state index contributed by atoms with van der Waals surface area (Å²) in [5.41, 5.74) is 3.17. The van der Waals surface area contributed by atoms with Crippen molar-refractivity contribution in [1.82, 2.24) is 4.90 Å². The first-order valence-corrected chi connectivity index (χ1v) is 9.10. The van der Waals surface area contributed by atoms with Crippen molar-refractivity contribution in [2.75, 3.05) is 21.3 Å². The van der Waals surface area contributed by atoms with Gasteiger partial charge in [-0.3, -0.25) is 4.79 Å². The van der Waals surface area contributed by atoms with Crippen LogP contribution in [0.4, 0.5) is 0 Å². The predicted molar refractivity (Wildman–Crippen MR) is 107 cm³/mol. The SMILES string of the molecule is CC[C@H](Oc1cccc(C)c1C)C(=O)N(C)Cc1ccc(OC)c(OC)c1. The number of methoxy groups -OCH3 is 2. The lowest BCUT2D eigenvalue weighted by atomic mass is 10.1. The third-order valence-electron chi connectivity index (χ3n) is 4.71. The van der Waals surface area contributed by atoms with E-state index in [0.29, 0.717) is 24.5 Å². The number of rotatable bonds is 8. The fraction of sp³-hybridized carbons (Fsp3) is 0.409. The summed E-state index contributed by atoms with van der Waals surface area (Å²) in [6, 6.07) is 11.5. The summed E-state index contributed by atoms with van der Waals surface area (Å²) in [5.74, 6) is 2.03. The maximum absolute atomic E-state index is 12.9. The first kappa shape index (κ1) is 20.6. The van der Waals surface area contributed by atoms with Crippen LogP contribution in [-0.4, -0.2) is 38.2 Å². The Labute approximate surface area is 161 Å². The Hall–Kier alpha value is -2.69. The first-order valence-electron chi connectivity index (χ1n) is 9.10. The van der Waals surface area contributed by atoms with E-state index in [0.717, 1.165) is 22.4 Å². The number of nitrogens with zero attached hydrogens (tertiary/aromatic N) is 1. The summed E-state index contributed by atoms with van der Waals surface area (Å²) in [7, 11) is 4.99. The molecule has 0 radical (unpaired) electrons. The van der Waals surface area contributed by atoms with Gasteiger partial charge in [0.2, 0.25) is 0 Å². The minimum Gasteiger partial charge on any atom is -0.493 e. The Morgan fingerprint density at radius 2 is 1.74 bits per heavy atom. The van der Waals surface area contributed by atoms with Crippen LogP contribution in [0.5, 0.6) is 17.2 Å². The topological polar surface area (TPSA) is 48.0 Å². The number of ether oxygens (including phenoxy) is 3. The number of carbonyl (C=O) groups is 1. The normalized spacial score (nSPS) is 11.6. The molecule has 1 atom stereocenters. The molecule has 0 N–H and O–H groups in total. The number of likely N-dealkylation sites (N-methyl/N-ethyl adjacent to an activating group) is 1. The Morgan fingerprint density at radius 3 is 2.37 bits per heavy atom. The number of amides is 1. The highest BCUT2D eigenvalue weighted by Gasteiger charge is 2.23. The maximum Gasteiger partial charge on any atom is 0.263 e. The van der Waals surface area contributed by atoms with Crippen LogP contribution in [0.2, 0.25) is 0 Å². The van der Waals surface area contributed by atoms with Gasteiger partial charge >= 0.3 is 0 Å². The van der Waals surface area contributed by atoms with E-state index in [-0.39, 0.29) is 5.91 Å². The van der Waals surface area contributed by atoms with Crippen molar-refractivity contribution in [3.63, 3.8) is 0 Å². The molecular formula is C22H29NO4. The van der Waals surface area contributed by atoms with Crippen molar-refractivity contribution in [3.05, 3.63) is 53.1 Å². The largest absolute Gasteiger partial charge is 0.493 e. The molecule has 2 aromatic rings. The number of hydrogen-bond donors (Lipinski definition) is 0. The van der Waals surface area contributed by atoms with Gasteiger partial charge in [-0.1, -0.05) is 25.1 Å². The van der Waals surface area contributed by atoms with E-state index < -0.39 is 6.10 Å². The molecule has 0 heterocycles. The van der Waals surface area contributed by atoms with Crippen molar-refractivity contribution in [2.45, 2.75) is 39.8 Å². The average molecular weight is 371 g/mol. The summed E-state index contributed by atoms with van der Waals surface area (Å²) >= 11 is 0. The lowest BCUT2D eigenvalue weighted by molar-refractivity contribution is -0.138. The molecule has 27 heavy (non-hydrogen) atoms. The first-order chi connectivity index (χ1) is 12.9. The Balaban J connectivity index is 2.11. The average Bonchev–Trinajstić information content (AvgIpc) is 2.68. The molecule has 0 fully saturated rings. The molecule has 0 aromatic heterocycles. The van der Waals surface area contributed by atoms with Gasteiger partial charge in [-0.15, -0.1) is 0 Å². The third kappa shape index (κ3) is 4.94. The number of hydrogen-bond acceptors (Lipinski definition) is 4. The van der Waals surface area contributed by atoms with E-state index in [2.05, 4.69) is 0 Å². The molecule has 0 saturated carbocycles. The van der Waals surface area contributed by atoms with Crippen molar-refractivity contribution in [1.29, 1.82) is 0 Å². The van der Waals surface area contributed by atoms with Crippen molar-refractivity contribution >= 4 is 5.91 Å². The molecule has 0 bridgehead atoms. The molecule has 0 saturated heterocycles.